The highest BCUT2D eigenvalue weighted by Gasteiger charge is 2.16. The molecule has 0 aliphatic carbocycles. The molecular weight excluding hydrogens is 406 g/mol. The van der Waals surface area contributed by atoms with Crippen LogP contribution in [0.3, 0.4) is 0 Å². The Morgan fingerprint density at radius 3 is 2.41 bits per heavy atom. The van der Waals surface area contributed by atoms with Gasteiger partial charge in [-0.25, -0.2) is 4.79 Å². The van der Waals surface area contributed by atoms with E-state index in [1.54, 1.807) is 30.3 Å². The van der Waals surface area contributed by atoms with Gasteiger partial charge in [-0.15, -0.1) is 0 Å². The van der Waals surface area contributed by atoms with E-state index >= 15 is 0 Å². The second-order valence-corrected chi connectivity index (χ2v) is 7.59. The van der Waals surface area contributed by atoms with Gasteiger partial charge < -0.3 is 20.3 Å². The maximum Gasteiger partial charge on any atom is 0.335 e. The Labute approximate surface area is 187 Å². The van der Waals surface area contributed by atoms with Crippen molar-refractivity contribution in [2.45, 2.75) is 39.8 Å². The summed E-state index contributed by atoms with van der Waals surface area (Å²) in [5.74, 6) is -0.537. The normalized spacial score (nSPS) is 10.6. The summed E-state index contributed by atoms with van der Waals surface area (Å²) < 4.78 is 5.95. The number of aromatic carboxylic acids is 1. The zero-order chi connectivity index (χ0) is 23.1. The summed E-state index contributed by atoms with van der Waals surface area (Å²) in [7, 11) is 0. The fourth-order valence-corrected chi connectivity index (χ4v) is 3.43. The van der Waals surface area contributed by atoms with Gasteiger partial charge in [-0.05, 0) is 60.9 Å². The standard InChI is InChI=1S/C26H27NO5/c1-3-5-23-24(13-12-22(17(2)28)25(23)29)32-16-18-8-10-21(11-9-18)27-15-19-6-4-7-20(14-19)26(30)31/h4,6-14,27,29H,3,5,15-16H2,1-2H3,(H,30,31). The number of nitrogens with one attached hydrogen (secondary N) is 1. The summed E-state index contributed by atoms with van der Waals surface area (Å²) in [4.78, 5) is 22.8. The fourth-order valence-electron chi connectivity index (χ4n) is 3.43. The number of phenolic OH excluding ortho intramolecular Hbond substituents is 1. The van der Waals surface area contributed by atoms with Crippen LogP contribution in [0.2, 0.25) is 0 Å². The molecule has 0 aliphatic rings. The van der Waals surface area contributed by atoms with E-state index in [0.29, 0.717) is 36.4 Å². The zero-order valence-corrected chi connectivity index (χ0v) is 18.2. The lowest BCUT2D eigenvalue weighted by molar-refractivity contribution is 0.0696. The Hall–Kier alpha value is -3.80. The highest BCUT2D eigenvalue weighted by molar-refractivity contribution is 5.97. The number of benzene rings is 3. The first-order chi connectivity index (χ1) is 15.4. The van der Waals surface area contributed by atoms with Gasteiger partial charge in [0.05, 0.1) is 11.1 Å². The molecule has 3 rings (SSSR count). The van der Waals surface area contributed by atoms with E-state index in [0.717, 1.165) is 23.2 Å². The van der Waals surface area contributed by atoms with Crippen LogP contribution in [0.1, 0.15) is 57.7 Å². The van der Waals surface area contributed by atoms with Gasteiger partial charge in [0, 0.05) is 17.8 Å². The van der Waals surface area contributed by atoms with Crippen LogP contribution in [-0.4, -0.2) is 22.0 Å². The molecule has 166 valence electrons. The number of hydrogen-bond donors (Lipinski definition) is 3. The second-order valence-electron chi connectivity index (χ2n) is 7.59. The fraction of sp³-hybridized carbons (Fsp3) is 0.231. The van der Waals surface area contributed by atoms with Crippen LogP contribution in [0.25, 0.3) is 0 Å². The maximum atomic E-state index is 11.7. The Bertz CT molecular complexity index is 1110. The predicted octanol–water partition coefficient (Wildman–Crippen LogP) is 5.44. The molecule has 3 aromatic rings. The van der Waals surface area contributed by atoms with Gasteiger partial charge in [-0.2, -0.15) is 0 Å². The molecule has 0 amide bonds. The van der Waals surface area contributed by atoms with Gasteiger partial charge in [-0.1, -0.05) is 37.6 Å². The number of phenols is 1. The molecule has 3 aromatic carbocycles. The van der Waals surface area contributed by atoms with E-state index in [-0.39, 0.29) is 17.1 Å². The first-order valence-electron chi connectivity index (χ1n) is 10.5. The smallest absolute Gasteiger partial charge is 0.335 e. The molecule has 0 unspecified atom stereocenters. The minimum atomic E-state index is -0.942. The number of anilines is 1. The number of Topliss-reactive ketones (excluding diaryl/α,β-unsaturated/α-hetero) is 1. The van der Waals surface area contributed by atoms with Crippen LogP contribution >= 0.6 is 0 Å². The van der Waals surface area contributed by atoms with Crippen molar-refractivity contribution in [2.24, 2.45) is 0 Å². The van der Waals surface area contributed by atoms with Crippen LogP contribution in [-0.2, 0) is 19.6 Å². The molecule has 0 aromatic heterocycles. The Balaban J connectivity index is 1.63. The van der Waals surface area contributed by atoms with Crippen molar-refractivity contribution >= 4 is 17.4 Å². The molecule has 3 N–H and O–H groups in total. The minimum Gasteiger partial charge on any atom is -0.507 e. The van der Waals surface area contributed by atoms with Gasteiger partial charge in [-0.3, -0.25) is 4.79 Å². The summed E-state index contributed by atoms with van der Waals surface area (Å²) >= 11 is 0. The van der Waals surface area contributed by atoms with Gasteiger partial charge in [0.2, 0.25) is 0 Å². The lowest BCUT2D eigenvalue weighted by atomic mass is 10.0. The number of carbonyl (C=O) groups excluding carboxylic acids is 1. The van der Waals surface area contributed by atoms with Crippen LogP contribution in [0.4, 0.5) is 5.69 Å². The minimum absolute atomic E-state index is 0.00312. The molecule has 0 aliphatic heterocycles. The van der Waals surface area contributed by atoms with Crippen LogP contribution in [0, 0.1) is 0 Å². The SMILES string of the molecule is CCCc1c(OCc2ccc(NCc3cccc(C(=O)O)c3)cc2)ccc(C(C)=O)c1O. The Morgan fingerprint density at radius 1 is 1.00 bits per heavy atom. The van der Waals surface area contributed by atoms with Gasteiger partial charge in [0.1, 0.15) is 18.1 Å². The first-order valence-corrected chi connectivity index (χ1v) is 10.5. The average molecular weight is 434 g/mol. The number of ketones is 1. The highest BCUT2D eigenvalue weighted by atomic mass is 16.5. The lowest BCUT2D eigenvalue weighted by Crippen LogP contribution is -2.03. The third-order valence-corrected chi connectivity index (χ3v) is 5.14. The topological polar surface area (TPSA) is 95.9 Å². The van der Waals surface area contributed by atoms with Crippen molar-refractivity contribution < 1.29 is 24.5 Å². The molecule has 0 radical (unpaired) electrons. The number of hydrogen-bond acceptors (Lipinski definition) is 5. The number of carbonyl (C=O) groups is 2. The van der Waals surface area contributed by atoms with E-state index < -0.39 is 5.97 Å². The van der Waals surface area contributed by atoms with E-state index in [1.807, 2.05) is 37.3 Å². The first kappa shape index (κ1) is 22.9. The molecule has 6 nitrogen and oxygen atoms in total. The molecule has 6 heteroatoms. The molecule has 0 atom stereocenters. The van der Waals surface area contributed by atoms with Crippen molar-refractivity contribution in [3.8, 4) is 11.5 Å². The van der Waals surface area contributed by atoms with Crippen molar-refractivity contribution in [3.63, 3.8) is 0 Å². The molecule has 0 spiro atoms. The van der Waals surface area contributed by atoms with Crippen LogP contribution in [0.5, 0.6) is 11.5 Å². The highest BCUT2D eigenvalue weighted by Crippen LogP contribution is 2.33. The van der Waals surface area contributed by atoms with Crippen LogP contribution < -0.4 is 10.1 Å². The third kappa shape index (κ3) is 5.66. The molecule has 32 heavy (non-hydrogen) atoms. The van der Waals surface area contributed by atoms with Gasteiger partial charge in [0.15, 0.2) is 5.78 Å². The molecular formula is C26H27NO5. The maximum absolute atomic E-state index is 11.7. The molecule has 0 saturated heterocycles. The largest absolute Gasteiger partial charge is 0.507 e. The van der Waals surface area contributed by atoms with E-state index in [4.69, 9.17) is 9.84 Å². The van der Waals surface area contributed by atoms with Crippen molar-refractivity contribution in [1.29, 1.82) is 0 Å². The molecule has 0 fully saturated rings. The third-order valence-electron chi connectivity index (χ3n) is 5.14. The molecule has 0 bridgehead atoms. The molecule has 0 heterocycles. The number of rotatable bonds is 10. The zero-order valence-electron chi connectivity index (χ0n) is 18.2. The quantitative estimate of drug-likeness (QED) is 0.369. The lowest BCUT2D eigenvalue weighted by Gasteiger charge is -2.15. The van der Waals surface area contributed by atoms with E-state index in [9.17, 15) is 14.7 Å². The van der Waals surface area contributed by atoms with Gasteiger partial charge in [0.25, 0.3) is 0 Å². The number of ether oxygens (including phenoxy) is 1. The Morgan fingerprint density at radius 2 is 1.75 bits per heavy atom. The summed E-state index contributed by atoms with van der Waals surface area (Å²) in [6, 6.07) is 17.9. The van der Waals surface area contributed by atoms with Crippen molar-refractivity contribution in [3.05, 3.63) is 88.5 Å². The van der Waals surface area contributed by atoms with Crippen LogP contribution in [0.15, 0.2) is 60.7 Å². The summed E-state index contributed by atoms with van der Waals surface area (Å²) in [6.07, 6.45) is 1.44. The number of aromatic hydroxyl groups is 1. The predicted molar refractivity (Wildman–Crippen MR) is 124 cm³/mol. The van der Waals surface area contributed by atoms with Crippen molar-refractivity contribution in [1.82, 2.24) is 0 Å². The summed E-state index contributed by atoms with van der Waals surface area (Å²) in [5.41, 5.74) is 3.98. The second kappa shape index (κ2) is 10.5. The molecule has 0 saturated carbocycles. The number of carboxylic acids is 1. The monoisotopic (exact) mass is 433 g/mol. The number of carboxylic acid groups (broad SMARTS) is 1. The van der Waals surface area contributed by atoms with Gasteiger partial charge >= 0.3 is 5.97 Å². The Kier molecular flexibility index (Phi) is 7.49. The van der Waals surface area contributed by atoms with Crippen molar-refractivity contribution in [2.75, 3.05) is 5.32 Å². The van der Waals surface area contributed by atoms with E-state index in [2.05, 4.69) is 5.32 Å². The van der Waals surface area contributed by atoms with E-state index in [1.165, 1.54) is 6.92 Å². The summed E-state index contributed by atoms with van der Waals surface area (Å²) in [5, 5.41) is 22.8. The summed E-state index contributed by atoms with van der Waals surface area (Å²) in [6.45, 7) is 4.28. The average Bonchev–Trinajstić information content (AvgIpc) is 2.78.